The summed E-state index contributed by atoms with van der Waals surface area (Å²) in [5, 5.41) is 10.4. The standard InChI is InChI=1S/C9H12N2O4/c1-7-5-8(11(12)13)6-10-9(7)15-4-3-14-2/h5-6H,3-4H2,1-2H3. The number of nitrogens with zero attached hydrogens (tertiary/aromatic N) is 2. The lowest BCUT2D eigenvalue weighted by Crippen LogP contribution is -2.06. The smallest absolute Gasteiger partial charge is 0.288 e. The van der Waals surface area contributed by atoms with Gasteiger partial charge in [0.05, 0.1) is 11.5 Å². The fourth-order valence-corrected chi connectivity index (χ4v) is 1.02. The Hall–Kier alpha value is -1.69. The van der Waals surface area contributed by atoms with Crippen molar-refractivity contribution in [1.29, 1.82) is 0 Å². The molecule has 0 saturated heterocycles. The van der Waals surface area contributed by atoms with Gasteiger partial charge in [-0.15, -0.1) is 0 Å². The molecule has 15 heavy (non-hydrogen) atoms. The van der Waals surface area contributed by atoms with Crippen molar-refractivity contribution in [2.75, 3.05) is 20.3 Å². The molecule has 0 atom stereocenters. The number of aryl methyl sites for hydroxylation is 1. The summed E-state index contributed by atoms with van der Waals surface area (Å²) in [6.07, 6.45) is 1.18. The zero-order valence-corrected chi connectivity index (χ0v) is 8.60. The molecule has 0 radical (unpaired) electrons. The van der Waals surface area contributed by atoms with Gasteiger partial charge in [-0.1, -0.05) is 0 Å². The van der Waals surface area contributed by atoms with E-state index in [9.17, 15) is 10.1 Å². The van der Waals surface area contributed by atoms with Crippen LogP contribution in [0.3, 0.4) is 0 Å². The molecule has 0 aliphatic carbocycles. The van der Waals surface area contributed by atoms with Crippen LogP contribution in [0.4, 0.5) is 5.69 Å². The highest BCUT2D eigenvalue weighted by Crippen LogP contribution is 2.19. The van der Waals surface area contributed by atoms with Crippen LogP contribution in [0.2, 0.25) is 0 Å². The first-order chi connectivity index (χ1) is 7.15. The van der Waals surface area contributed by atoms with Gasteiger partial charge < -0.3 is 9.47 Å². The van der Waals surface area contributed by atoms with E-state index in [1.807, 2.05) is 0 Å². The van der Waals surface area contributed by atoms with Crippen molar-refractivity contribution in [2.24, 2.45) is 0 Å². The predicted molar refractivity (Wildman–Crippen MR) is 53.0 cm³/mol. The molecule has 0 aliphatic heterocycles. The average molecular weight is 212 g/mol. The highest BCUT2D eigenvalue weighted by Gasteiger charge is 2.09. The van der Waals surface area contributed by atoms with Crippen LogP contribution in [-0.4, -0.2) is 30.2 Å². The van der Waals surface area contributed by atoms with E-state index < -0.39 is 4.92 Å². The van der Waals surface area contributed by atoms with Crippen molar-refractivity contribution in [1.82, 2.24) is 4.98 Å². The Bertz CT molecular complexity index is 354. The number of hydrogen-bond acceptors (Lipinski definition) is 5. The van der Waals surface area contributed by atoms with Crippen molar-refractivity contribution in [2.45, 2.75) is 6.92 Å². The van der Waals surface area contributed by atoms with Gasteiger partial charge >= 0.3 is 0 Å². The number of methoxy groups -OCH3 is 1. The van der Waals surface area contributed by atoms with E-state index in [2.05, 4.69) is 4.98 Å². The van der Waals surface area contributed by atoms with Crippen LogP contribution < -0.4 is 4.74 Å². The Morgan fingerprint density at radius 2 is 2.27 bits per heavy atom. The molecule has 6 nitrogen and oxygen atoms in total. The summed E-state index contributed by atoms with van der Waals surface area (Å²) in [7, 11) is 1.57. The molecule has 0 fully saturated rings. The number of ether oxygens (including phenoxy) is 2. The average Bonchev–Trinajstić information content (AvgIpc) is 2.20. The third-order valence-corrected chi connectivity index (χ3v) is 1.75. The normalized spacial score (nSPS) is 10.0. The van der Waals surface area contributed by atoms with Crippen LogP contribution in [0.25, 0.3) is 0 Å². The van der Waals surface area contributed by atoms with Gasteiger partial charge in [-0.05, 0) is 6.92 Å². The van der Waals surface area contributed by atoms with Gasteiger partial charge in [0.25, 0.3) is 5.69 Å². The van der Waals surface area contributed by atoms with Crippen LogP contribution in [-0.2, 0) is 4.74 Å². The van der Waals surface area contributed by atoms with Gasteiger partial charge in [-0.2, -0.15) is 0 Å². The molecule has 0 aliphatic rings. The molecule has 0 amide bonds. The molecule has 1 aromatic heterocycles. The maximum Gasteiger partial charge on any atom is 0.288 e. The first kappa shape index (κ1) is 11.4. The highest BCUT2D eigenvalue weighted by molar-refractivity contribution is 5.36. The summed E-state index contributed by atoms with van der Waals surface area (Å²) < 4.78 is 10.1. The second-order valence-corrected chi connectivity index (χ2v) is 2.91. The van der Waals surface area contributed by atoms with Crippen LogP contribution in [0.15, 0.2) is 12.3 Å². The molecule has 1 heterocycles. The van der Waals surface area contributed by atoms with Crippen molar-refractivity contribution in [3.05, 3.63) is 27.9 Å². The summed E-state index contributed by atoms with van der Waals surface area (Å²) in [5.41, 5.74) is 0.604. The summed E-state index contributed by atoms with van der Waals surface area (Å²) in [6, 6.07) is 1.43. The lowest BCUT2D eigenvalue weighted by atomic mass is 10.3. The van der Waals surface area contributed by atoms with E-state index in [1.54, 1.807) is 14.0 Å². The molecule has 0 N–H and O–H groups in total. The molecule has 1 rings (SSSR count). The number of hydrogen-bond donors (Lipinski definition) is 0. The molecule has 82 valence electrons. The first-order valence-corrected chi connectivity index (χ1v) is 4.38. The summed E-state index contributed by atoms with van der Waals surface area (Å²) in [6.45, 7) is 2.54. The minimum atomic E-state index is -0.487. The monoisotopic (exact) mass is 212 g/mol. The van der Waals surface area contributed by atoms with E-state index in [-0.39, 0.29) is 5.69 Å². The Balaban J connectivity index is 2.70. The van der Waals surface area contributed by atoms with Crippen molar-refractivity contribution in [3.8, 4) is 5.88 Å². The number of rotatable bonds is 5. The molecular weight excluding hydrogens is 200 g/mol. The minimum Gasteiger partial charge on any atom is -0.475 e. The van der Waals surface area contributed by atoms with Gasteiger partial charge in [0.2, 0.25) is 5.88 Å². The zero-order valence-electron chi connectivity index (χ0n) is 8.60. The lowest BCUT2D eigenvalue weighted by molar-refractivity contribution is -0.385. The lowest BCUT2D eigenvalue weighted by Gasteiger charge is -2.06. The number of aromatic nitrogens is 1. The molecule has 0 aromatic carbocycles. The van der Waals surface area contributed by atoms with Gasteiger partial charge in [0.15, 0.2) is 0 Å². The quantitative estimate of drug-likeness (QED) is 0.418. The van der Waals surface area contributed by atoms with Gasteiger partial charge in [0.1, 0.15) is 12.8 Å². The highest BCUT2D eigenvalue weighted by atomic mass is 16.6. The maximum atomic E-state index is 10.4. The zero-order chi connectivity index (χ0) is 11.3. The Kier molecular flexibility index (Phi) is 3.99. The van der Waals surface area contributed by atoms with Crippen LogP contribution in [0.1, 0.15) is 5.56 Å². The van der Waals surface area contributed by atoms with Crippen LogP contribution in [0, 0.1) is 17.0 Å². The largest absolute Gasteiger partial charge is 0.475 e. The van der Waals surface area contributed by atoms with Crippen molar-refractivity contribution < 1.29 is 14.4 Å². The summed E-state index contributed by atoms with van der Waals surface area (Å²) in [4.78, 5) is 13.8. The van der Waals surface area contributed by atoms with E-state index in [1.165, 1.54) is 12.3 Å². The fourth-order valence-electron chi connectivity index (χ4n) is 1.02. The Labute approximate surface area is 87.0 Å². The minimum absolute atomic E-state index is 0.0356. The Morgan fingerprint density at radius 3 is 2.80 bits per heavy atom. The molecule has 0 spiro atoms. The van der Waals surface area contributed by atoms with Crippen LogP contribution in [0.5, 0.6) is 5.88 Å². The van der Waals surface area contributed by atoms with Gasteiger partial charge in [0, 0.05) is 18.7 Å². The van der Waals surface area contributed by atoms with Gasteiger partial charge in [-0.3, -0.25) is 10.1 Å². The third-order valence-electron chi connectivity index (χ3n) is 1.75. The van der Waals surface area contributed by atoms with Gasteiger partial charge in [-0.25, -0.2) is 4.98 Å². The maximum absolute atomic E-state index is 10.4. The van der Waals surface area contributed by atoms with Crippen molar-refractivity contribution in [3.63, 3.8) is 0 Å². The molecule has 0 bridgehead atoms. The second-order valence-electron chi connectivity index (χ2n) is 2.91. The molecule has 6 heteroatoms. The van der Waals surface area contributed by atoms with E-state index in [4.69, 9.17) is 9.47 Å². The molecule has 1 aromatic rings. The van der Waals surface area contributed by atoms with Crippen molar-refractivity contribution >= 4 is 5.69 Å². The summed E-state index contributed by atoms with van der Waals surface area (Å²) >= 11 is 0. The first-order valence-electron chi connectivity index (χ1n) is 4.38. The summed E-state index contributed by atoms with van der Waals surface area (Å²) in [5.74, 6) is 0.401. The second kappa shape index (κ2) is 5.26. The van der Waals surface area contributed by atoms with E-state index in [0.29, 0.717) is 24.7 Å². The van der Waals surface area contributed by atoms with Crippen LogP contribution >= 0.6 is 0 Å². The predicted octanol–water partition coefficient (Wildman–Crippen LogP) is 1.32. The number of nitro groups is 1. The SMILES string of the molecule is COCCOc1ncc([N+](=O)[O-])cc1C. The Morgan fingerprint density at radius 1 is 1.53 bits per heavy atom. The molecule has 0 saturated carbocycles. The third kappa shape index (κ3) is 3.17. The fraction of sp³-hybridized carbons (Fsp3) is 0.444. The van der Waals surface area contributed by atoms with E-state index in [0.717, 1.165) is 0 Å². The molecule has 0 unspecified atom stereocenters. The number of pyridine rings is 1. The topological polar surface area (TPSA) is 74.5 Å². The molecular formula is C9H12N2O4. The van der Waals surface area contributed by atoms with E-state index >= 15 is 0 Å².